The molecular weight excluding hydrogens is 168 g/mol. The molecule has 0 aromatic carbocycles. The second kappa shape index (κ2) is 3.93. The number of esters is 1. The molecule has 0 aliphatic rings. The van der Waals surface area contributed by atoms with Gasteiger partial charge in [-0.2, -0.15) is 25.3 Å². The summed E-state index contributed by atoms with van der Waals surface area (Å²) in [7, 11) is 0. The highest BCUT2D eigenvalue weighted by Crippen LogP contribution is 2.19. The van der Waals surface area contributed by atoms with E-state index < -0.39 is 10.0 Å². The van der Waals surface area contributed by atoms with Crippen molar-refractivity contribution in [3.8, 4) is 0 Å². The first-order chi connectivity index (χ1) is 4.48. The van der Waals surface area contributed by atoms with Crippen LogP contribution in [0.3, 0.4) is 0 Å². The van der Waals surface area contributed by atoms with Gasteiger partial charge in [-0.15, -0.1) is 0 Å². The molecule has 0 aromatic rings. The van der Waals surface area contributed by atoms with Crippen molar-refractivity contribution in [2.45, 2.75) is 17.9 Å². The molecule has 0 radical (unpaired) electrons. The van der Waals surface area contributed by atoms with Gasteiger partial charge in [0.1, 0.15) is 0 Å². The average Bonchev–Trinajstić information content (AvgIpc) is 1.80. The van der Waals surface area contributed by atoms with E-state index in [0.717, 1.165) is 0 Å². The monoisotopic (exact) mass is 178 g/mol. The fraction of sp³-hybridized carbons (Fsp3) is 0.500. The Hall–Kier alpha value is -0.0900. The summed E-state index contributed by atoms with van der Waals surface area (Å²) in [4.78, 5) is 10.8. The van der Waals surface area contributed by atoms with Gasteiger partial charge < -0.3 is 4.74 Å². The quantitative estimate of drug-likeness (QED) is 0.291. The molecule has 0 spiro atoms. The topological polar surface area (TPSA) is 26.3 Å². The first-order valence-corrected chi connectivity index (χ1v) is 3.65. The van der Waals surface area contributed by atoms with Crippen LogP contribution in [0.4, 0.5) is 0 Å². The van der Waals surface area contributed by atoms with Crippen LogP contribution in [0.15, 0.2) is 12.3 Å². The highest BCUT2D eigenvalue weighted by molar-refractivity contribution is 8.01. The molecule has 0 rings (SSSR count). The fourth-order valence-corrected chi connectivity index (χ4v) is 0.347. The number of carbonyl (C=O) groups excluding carboxylic acids is 1. The maximum absolute atomic E-state index is 10.8. The summed E-state index contributed by atoms with van der Waals surface area (Å²) in [6, 6.07) is 0. The SMILES string of the molecule is C/C=C/OC(=O)C(C)(S)S. The lowest BCUT2D eigenvalue weighted by atomic mass is 10.5. The Morgan fingerprint density at radius 1 is 1.60 bits per heavy atom. The molecule has 58 valence electrons. The van der Waals surface area contributed by atoms with E-state index in [-0.39, 0.29) is 0 Å². The Labute approximate surface area is 71.5 Å². The van der Waals surface area contributed by atoms with Crippen LogP contribution in [0, 0.1) is 0 Å². The smallest absolute Gasteiger partial charge is 0.336 e. The number of ether oxygens (including phenoxy) is 1. The number of hydrogen-bond acceptors (Lipinski definition) is 4. The van der Waals surface area contributed by atoms with Gasteiger partial charge in [0.15, 0.2) is 4.08 Å². The molecule has 4 heteroatoms. The molecule has 0 N–H and O–H groups in total. The van der Waals surface area contributed by atoms with Crippen molar-refractivity contribution >= 4 is 31.2 Å². The minimum absolute atomic E-state index is 0.475. The second-order valence-electron chi connectivity index (χ2n) is 1.90. The van der Waals surface area contributed by atoms with Gasteiger partial charge in [-0.25, -0.2) is 4.79 Å². The summed E-state index contributed by atoms with van der Waals surface area (Å²) in [6.07, 6.45) is 2.91. The van der Waals surface area contributed by atoms with Crippen LogP contribution in [-0.2, 0) is 9.53 Å². The van der Waals surface area contributed by atoms with Gasteiger partial charge in [0, 0.05) is 0 Å². The summed E-state index contributed by atoms with van der Waals surface area (Å²) >= 11 is 7.76. The zero-order chi connectivity index (χ0) is 8.20. The Kier molecular flexibility index (Phi) is 3.89. The Balaban J connectivity index is 3.86. The first-order valence-electron chi connectivity index (χ1n) is 2.75. The maximum atomic E-state index is 10.8. The molecule has 0 atom stereocenters. The van der Waals surface area contributed by atoms with Gasteiger partial charge in [0.25, 0.3) is 0 Å². The summed E-state index contributed by atoms with van der Waals surface area (Å²) in [6.45, 7) is 3.30. The predicted molar refractivity (Wildman–Crippen MR) is 47.3 cm³/mol. The third-order valence-electron chi connectivity index (χ3n) is 0.698. The van der Waals surface area contributed by atoms with Crippen molar-refractivity contribution in [1.82, 2.24) is 0 Å². The number of allylic oxidation sites excluding steroid dienone is 1. The van der Waals surface area contributed by atoms with Crippen LogP contribution in [0.2, 0.25) is 0 Å². The first kappa shape index (κ1) is 9.91. The highest BCUT2D eigenvalue weighted by atomic mass is 32.2. The van der Waals surface area contributed by atoms with E-state index in [0.29, 0.717) is 0 Å². The fourth-order valence-electron chi connectivity index (χ4n) is 0.241. The van der Waals surface area contributed by atoms with E-state index in [4.69, 9.17) is 0 Å². The van der Waals surface area contributed by atoms with E-state index >= 15 is 0 Å². The van der Waals surface area contributed by atoms with Gasteiger partial charge in [0.05, 0.1) is 6.26 Å². The van der Waals surface area contributed by atoms with Crippen LogP contribution in [0.5, 0.6) is 0 Å². The van der Waals surface area contributed by atoms with Crippen LogP contribution in [-0.4, -0.2) is 10.0 Å². The zero-order valence-electron chi connectivity index (χ0n) is 5.87. The third-order valence-corrected chi connectivity index (χ3v) is 1.06. The molecule has 0 aliphatic heterocycles. The Morgan fingerprint density at radius 3 is 2.40 bits per heavy atom. The summed E-state index contributed by atoms with van der Waals surface area (Å²) in [5.41, 5.74) is 0. The van der Waals surface area contributed by atoms with E-state index in [1.54, 1.807) is 19.9 Å². The van der Waals surface area contributed by atoms with Gasteiger partial charge >= 0.3 is 5.97 Å². The van der Waals surface area contributed by atoms with Gasteiger partial charge in [-0.3, -0.25) is 0 Å². The number of hydrogen-bond donors (Lipinski definition) is 2. The van der Waals surface area contributed by atoms with E-state index in [1.807, 2.05) is 0 Å². The van der Waals surface area contributed by atoms with Crippen molar-refractivity contribution < 1.29 is 9.53 Å². The van der Waals surface area contributed by atoms with E-state index in [9.17, 15) is 4.79 Å². The maximum Gasteiger partial charge on any atom is 0.336 e. The van der Waals surface area contributed by atoms with Crippen LogP contribution >= 0.6 is 25.3 Å². The molecule has 0 amide bonds. The van der Waals surface area contributed by atoms with Crippen LogP contribution in [0.1, 0.15) is 13.8 Å². The normalized spacial score (nSPS) is 12.0. The molecule has 0 aromatic heterocycles. The molecule has 0 saturated carbocycles. The lowest BCUT2D eigenvalue weighted by Crippen LogP contribution is -2.22. The van der Waals surface area contributed by atoms with Crippen molar-refractivity contribution in [2.24, 2.45) is 0 Å². The van der Waals surface area contributed by atoms with Gasteiger partial charge in [-0.1, -0.05) is 6.08 Å². The minimum atomic E-state index is -1.01. The molecule has 2 nitrogen and oxygen atoms in total. The van der Waals surface area contributed by atoms with Crippen LogP contribution in [0.25, 0.3) is 0 Å². The molecule has 0 saturated heterocycles. The molecule has 0 unspecified atom stereocenters. The van der Waals surface area contributed by atoms with Crippen LogP contribution < -0.4 is 0 Å². The highest BCUT2D eigenvalue weighted by Gasteiger charge is 2.24. The molecule has 0 fully saturated rings. The van der Waals surface area contributed by atoms with E-state index in [2.05, 4.69) is 30.0 Å². The Morgan fingerprint density at radius 2 is 2.10 bits per heavy atom. The third kappa shape index (κ3) is 3.85. The summed E-state index contributed by atoms with van der Waals surface area (Å²) in [5, 5.41) is 0. The summed E-state index contributed by atoms with van der Waals surface area (Å²) in [5.74, 6) is -0.475. The van der Waals surface area contributed by atoms with Crippen molar-refractivity contribution in [2.75, 3.05) is 0 Å². The molecule has 10 heavy (non-hydrogen) atoms. The largest absolute Gasteiger partial charge is 0.433 e. The van der Waals surface area contributed by atoms with E-state index in [1.165, 1.54) is 6.26 Å². The number of rotatable bonds is 2. The lowest BCUT2D eigenvalue weighted by molar-refractivity contribution is -0.137. The summed E-state index contributed by atoms with van der Waals surface area (Å²) < 4.78 is 3.57. The Bertz CT molecular complexity index is 146. The minimum Gasteiger partial charge on any atom is -0.433 e. The molecule has 0 bridgehead atoms. The molecule has 0 heterocycles. The number of thiol groups is 2. The standard InChI is InChI=1S/C6H10O2S2/c1-3-4-8-5(7)6(2,9)10/h3-4,9-10H,1-2H3/b4-3+. The van der Waals surface area contributed by atoms with Crippen molar-refractivity contribution in [3.05, 3.63) is 12.3 Å². The van der Waals surface area contributed by atoms with Crippen molar-refractivity contribution in [1.29, 1.82) is 0 Å². The second-order valence-corrected chi connectivity index (χ2v) is 4.04. The van der Waals surface area contributed by atoms with Gasteiger partial charge in [0.2, 0.25) is 0 Å². The average molecular weight is 178 g/mol. The molecule has 0 aliphatic carbocycles. The zero-order valence-corrected chi connectivity index (χ0v) is 7.65. The predicted octanol–water partition coefficient (Wildman–Crippen LogP) is 1.64. The number of carbonyl (C=O) groups is 1. The molecular formula is C6H10O2S2. The lowest BCUT2D eigenvalue weighted by Gasteiger charge is -2.11. The van der Waals surface area contributed by atoms with Gasteiger partial charge in [-0.05, 0) is 13.8 Å². The van der Waals surface area contributed by atoms with Crippen molar-refractivity contribution in [3.63, 3.8) is 0 Å².